The summed E-state index contributed by atoms with van der Waals surface area (Å²) in [5.74, 6) is -2.23. The summed E-state index contributed by atoms with van der Waals surface area (Å²) in [6, 6.07) is 11.6. The zero-order valence-electron chi connectivity index (χ0n) is 11.8. The quantitative estimate of drug-likeness (QED) is 0.770. The topological polar surface area (TPSA) is 109 Å². The number of imide groups is 1. The minimum absolute atomic E-state index is 0.0217. The number of hydrogen-bond donors (Lipinski definition) is 3. The number of nitrogens with one attached hydrogen (secondary N) is 1. The van der Waals surface area contributed by atoms with Crippen LogP contribution < -0.4 is 11.1 Å². The van der Waals surface area contributed by atoms with Crippen molar-refractivity contribution < 1.29 is 19.5 Å². The van der Waals surface area contributed by atoms with E-state index in [2.05, 4.69) is 5.32 Å². The number of hydrogen-bond acceptors (Lipinski definition) is 4. The van der Waals surface area contributed by atoms with Gasteiger partial charge in [-0.2, -0.15) is 0 Å². The summed E-state index contributed by atoms with van der Waals surface area (Å²) >= 11 is 0. The van der Waals surface area contributed by atoms with Gasteiger partial charge in [0.15, 0.2) is 0 Å². The first kappa shape index (κ1) is 15.7. The standard InChI is InChI=1S/C16H16N2O4/c17-13(16(21)22)7-8-14(19)18-15(20)12-6-5-10-3-1-2-4-11(10)9-12/h1-6,9,13H,7-8,17H2,(H,21,22)(H,18,19,20). The van der Waals surface area contributed by atoms with Crippen molar-refractivity contribution in [3.05, 3.63) is 48.0 Å². The molecule has 0 heterocycles. The van der Waals surface area contributed by atoms with Crippen LogP contribution in [0.1, 0.15) is 23.2 Å². The highest BCUT2D eigenvalue weighted by Crippen LogP contribution is 2.15. The number of carboxylic acid groups (broad SMARTS) is 1. The van der Waals surface area contributed by atoms with E-state index in [1.54, 1.807) is 18.2 Å². The van der Waals surface area contributed by atoms with E-state index in [4.69, 9.17) is 10.8 Å². The van der Waals surface area contributed by atoms with Gasteiger partial charge in [0.2, 0.25) is 5.91 Å². The van der Waals surface area contributed by atoms with Gasteiger partial charge in [-0.25, -0.2) is 0 Å². The van der Waals surface area contributed by atoms with Gasteiger partial charge in [-0.15, -0.1) is 0 Å². The maximum atomic E-state index is 12.0. The van der Waals surface area contributed by atoms with Crippen LogP contribution in [0.5, 0.6) is 0 Å². The number of aliphatic carboxylic acids is 1. The molecular weight excluding hydrogens is 284 g/mol. The van der Waals surface area contributed by atoms with Crippen molar-refractivity contribution in [3.63, 3.8) is 0 Å². The highest BCUT2D eigenvalue weighted by atomic mass is 16.4. The van der Waals surface area contributed by atoms with Crippen molar-refractivity contribution in [2.24, 2.45) is 5.73 Å². The van der Waals surface area contributed by atoms with E-state index in [0.29, 0.717) is 5.56 Å². The number of carbonyl (C=O) groups excluding carboxylic acids is 2. The Hall–Kier alpha value is -2.73. The summed E-state index contributed by atoms with van der Waals surface area (Å²) in [4.78, 5) is 34.2. The molecule has 2 rings (SSSR count). The second-order valence-corrected chi connectivity index (χ2v) is 4.92. The molecule has 0 aromatic heterocycles. The monoisotopic (exact) mass is 300 g/mol. The number of carbonyl (C=O) groups is 3. The lowest BCUT2D eigenvalue weighted by Crippen LogP contribution is -2.34. The minimum atomic E-state index is -1.17. The van der Waals surface area contributed by atoms with Gasteiger partial charge in [-0.05, 0) is 29.3 Å². The average molecular weight is 300 g/mol. The summed E-state index contributed by atoms with van der Waals surface area (Å²) in [6.07, 6.45) is -0.140. The Morgan fingerprint density at radius 3 is 2.45 bits per heavy atom. The molecule has 6 nitrogen and oxygen atoms in total. The van der Waals surface area contributed by atoms with Crippen LogP contribution in [0.4, 0.5) is 0 Å². The highest BCUT2D eigenvalue weighted by molar-refractivity contribution is 6.06. The molecule has 0 aliphatic carbocycles. The molecule has 1 unspecified atom stereocenters. The van der Waals surface area contributed by atoms with Gasteiger partial charge < -0.3 is 10.8 Å². The normalized spacial score (nSPS) is 11.9. The van der Waals surface area contributed by atoms with Crippen molar-refractivity contribution in [3.8, 4) is 0 Å². The summed E-state index contributed by atoms with van der Waals surface area (Å²) in [5.41, 5.74) is 5.67. The number of carboxylic acids is 1. The van der Waals surface area contributed by atoms with E-state index in [9.17, 15) is 14.4 Å². The van der Waals surface area contributed by atoms with E-state index < -0.39 is 23.8 Å². The molecule has 0 aliphatic rings. The van der Waals surface area contributed by atoms with Crippen LogP contribution in [0.2, 0.25) is 0 Å². The maximum absolute atomic E-state index is 12.0. The first-order chi connectivity index (χ1) is 10.5. The van der Waals surface area contributed by atoms with E-state index in [1.807, 2.05) is 24.3 Å². The lowest BCUT2D eigenvalue weighted by atomic mass is 10.1. The van der Waals surface area contributed by atoms with Crippen molar-refractivity contribution in [2.45, 2.75) is 18.9 Å². The second-order valence-electron chi connectivity index (χ2n) is 4.92. The SMILES string of the molecule is NC(CCC(=O)NC(=O)c1ccc2ccccc2c1)C(=O)O. The van der Waals surface area contributed by atoms with Gasteiger partial charge in [0.05, 0.1) is 0 Å². The predicted molar refractivity (Wildman–Crippen MR) is 81.3 cm³/mol. The molecule has 0 aliphatic heterocycles. The van der Waals surface area contributed by atoms with Crippen LogP contribution in [0.3, 0.4) is 0 Å². The number of amides is 2. The fraction of sp³-hybridized carbons (Fsp3) is 0.188. The third-order valence-corrected chi connectivity index (χ3v) is 3.26. The predicted octanol–water partition coefficient (Wildman–Crippen LogP) is 1.29. The number of nitrogens with two attached hydrogens (primary N) is 1. The zero-order valence-corrected chi connectivity index (χ0v) is 11.8. The van der Waals surface area contributed by atoms with Crippen LogP contribution in [-0.2, 0) is 9.59 Å². The first-order valence-electron chi connectivity index (χ1n) is 6.79. The molecule has 4 N–H and O–H groups in total. The molecule has 0 bridgehead atoms. The van der Waals surface area contributed by atoms with Crippen LogP contribution >= 0.6 is 0 Å². The molecule has 2 aromatic carbocycles. The van der Waals surface area contributed by atoms with Crippen molar-refractivity contribution >= 4 is 28.6 Å². The van der Waals surface area contributed by atoms with Crippen molar-refractivity contribution in [1.29, 1.82) is 0 Å². The van der Waals surface area contributed by atoms with Crippen LogP contribution in [-0.4, -0.2) is 28.9 Å². The molecule has 2 aromatic rings. The second kappa shape index (κ2) is 6.82. The molecule has 22 heavy (non-hydrogen) atoms. The van der Waals surface area contributed by atoms with Gasteiger partial charge in [-0.1, -0.05) is 30.3 Å². The summed E-state index contributed by atoms with van der Waals surface area (Å²) in [6.45, 7) is 0. The highest BCUT2D eigenvalue weighted by Gasteiger charge is 2.15. The summed E-state index contributed by atoms with van der Waals surface area (Å²) in [5, 5.41) is 12.8. The van der Waals surface area contributed by atoms with Crippen molar-refractivity contribution in [2.75, 3.05) is 0 Å². The number of rotatable bonds is 5. The molecule has 1 atom stereocenters. The molecular formula is C16H16N2O4. The third-order valence-electron chi connectivity index (χ3n) is 3.26. The summed E-state index contributed by atoms with van der Waals surface area (Å²) in [7, 11) is 0. The zero-order chi connectivity index (χ0) is 16.1. The van der Waals surface area contributed by atoms with E-state index in [-0.39, 0.29) is 12.8 Å². The van der Waals surface area contributed by atoms with Crippen molar-refractivity contribution in [1.82, 2.24) is 5.32 Å². The van der Waals surface area contributed by atoms with Gasteiger partial charge in [0.25, 0.3) is 5.91 Å². The molecule has 0 spiro atoms. The molecule has 0 saturated carbocycles. The minimum Gasteiger partial charge on any atom is -0.480 e. The summed E-state index contributed by atoms with van der Waals surface area (Å²) < 4.78 is 0. The Morgan fingerprint density at radius 2 is 1.77 bits per heavy atom. The number of fused-ring (bicyclic) bond motifs is 1. The molecule has 6 heteroatoms. The smallest absolute Gasteiger partial charge is 0.320 e. The Kier molecular flexibility index (Phi) is 4.85. The molecule has 2 amide bonds. The average Bonchev–Trinajstić information content (AvgIpc) is 2.51. The Morgan fingerprint density at radius 1 is 1.09 bits per heavy atom. The lowest BCUT2D eigenvalue weighted by Gasteiger charge is -2.07. The van der Waals surface area contributed by atoms with E-state index in [0.717, 1.165) is 10.8 Å². The fourth-order valence-corrected chi connectivity index (χ4v) is 2.00. The third kappa shape index (κ3) is 3.89. The molecule has 0 fully saturated rings. The maximum Gasteiger partial charge on any atom is 0.320 e. The van der Waals surface area contributed by atoms with Crippen LogP contribution in [0, 0.1) is 0 Å². The Balaban J connectivity index is 1.98. The Bertz CT molecular complexity index is 727. The van der Waals surface area contributed by atoms with Crippen LogP contribution in [0.15, 0.2) is 42.5 Å². The first-order valence-corrected chi connectivity index (χ1v) is 6.79. The molecule has 0 saturated heterocycles. The van der Waals surface area contributed by atoms with Gasteiger partial charge >= 0.3 is 5.97 Å². The van der Waals surface area contributed by atoms with E-state index >= 15 is 0 Å². The molecule has 114 valence electrons. The fourth-order valence-electron chi connectivity index (χ4n) is 2.00. The largest absolute Gasteiger partial charge is 0.480 e. The lowest BCUT2D eigenvalue weighted by molar-refractivity contribution is -0.138. The van der Waals surface area contributed by atoms with Crippen LogP contribution in [0.25, 0.3) is 10.8 Å². The van der Waals surface area contributed by atoms with Gasteiger partial charge in [-0.3, -0.25) is 19.7 Å². The molecule has 0 radical (unpaired) electrons. The Labute approximate surface area is 126 Å². The van der Waals surface area contributed by atoms with E-state index in [1.165, 1.54) is 0 Å². The van der Waals surface area contributed by atoms with Gasteiger partial charge in [0.1, 0.15) is 6.04 Å². The number of benzene rings is 2. The van der Waals surface area contributed by atoms with Gasteiger partial charge in [0, 0.05) is 12.0 Å².